The molecule has 1 aromatic rings. The normalized spacial score (nSPS) is 18.3. The molecule has 1 aliphatic rings. The average Bonchev–Trinajstić information content (AvgIpc) is 2.81. The lowest BCUT2D eigenvalue weighted by molar-refractivity contribution is -0.124. The van der Waals surface area contributed by atoms with E-state index in [0.717, 1.165) is 18.4 Å². The van der Waals surface area contributed by atoms with Crippen LogP contribution in [0.1, 0.15) is 72.8 Å². The summed E-state index contributed by atoms with van der Waals surface area (Å²) in [6, 6.07) is 7.59. The lowest BCUT2D eigenvalue weighted by Crippen LogP contribution is -2.33. The lowest BCUT2D eigenvalue weighted by atomic mass is 9.80. The van der Waals surface area contributed by atoms with Gasteiger partial charge in [-0.3, -0.25) is 19.3 Å². The number of ketones is 1. The Kier molecular flexibility index (Phi) is 6.28. The number of nitrogens with zero attached hydrogens (tertiary/aromatic N) is 1. The summed E-state index contributed by atoms with van der Waals surface area (Å²) in [5, 5.41) is 0. The van der Waals surface area contributed by atoms with Crippen molar-refractivity contribution < 1.29 is 14.4 Å². The molecule has 2 amide bonds. The van der Waals surface area contributed by atoms with Gasteiger partial charge in [0.2, 0.25) is 11.8 Å². The molecule has 0 aromatic heterocycles. The number of Topliss-reactive ketones (excluding diaryl/α,β-unsaturated/α-hetero) is 1. The minimum Gasteiger partial charge on any atom is -0.300 e. The summed E-state index contributed by atoms with van der Waals surface area (Å²) in [6.07, 6.45) is 3.13. The van der Waals surface area contributed by atoms with Crippen LogP contribution in [0.3, 0.4) is 0 Å². The maximum Gasteiger partial charge on any atom is 0.237 e. The summed E-state index contributed by atoms with van der Waals surface area (Å²) in [4.78, 5) is 38.3. The van der Waals surface area contributed by atoms with Crippen LogP contribution in [-0.4, -0.2) is 17.6 Å². The summed E-state index contributed by atoms with van der Waals surface area (Å²) in [7, 11) is 0. The number of benzene rings is 1. The molecule has 1 aliphatic heterocycles. The molecule has 4 nitrogen and oxygen atoms in total. The maximum atomic E-state index is 12.7. The fourth-order valence-corrected chi connectivity index (χ4v) is 3.56. The molecule has 4 heteroatoms. The van der Waals surface area contributed by atoms with E-state index < -0.39 is 0 Å². The summed E-state index contributed by atoms with van der Waals surface area (Å²) in [6.45, 7) is 12.2. The van der Waals surface area contributed by atoms with Crippen LogP contribution in [0.4, 0.5) is 5.69 Å². The third kappa shape index (κ3) is 5.75. The number of carbonyl (C=O) groups is 3. The van der Waals surface area contributed by atoms with Crippen LogP contribution in [0.2, 0.25) is 0 Å². The van der Waals surface area contributed by atoms with Crippen molar-refractivity contribution in [2.45, 2.75) is 73.6 Å². The first-order valence-electron chi connectivity index (χ1n) is 9.86. The van der Waals surface area contributed by atoms with Gasteiger partial charge in [0, 0.05) is 19.3 Å². The highest BCUT2D eigenvalue weighted by molar-refractivity contribution is 6.21. The van der Waals surface area contributed by atoms with Crippen LogP contribution < -0.4 is 4.90 Å². The predicted molar refractivity (Wildman–Crippen MR) is 109 cm³/mol. The molecule has 0 aliphatic carbocycles. The molecule has 1 aromatic carbocycles. The number of aryl methyl sites for hydroxylation is 1. The Hall–Kier alpha value is -1.97. The third-order valence-corrected chi connectivity index (χ3v) is 5.04. The van der Waals surface area contributed by atoms with Gasteiger partial charge in [-0.15, -0.1) is 0 Å². The maximum absolute atomic E-state index is 12.7. The average molecular weight is 372 g/mol. The van der Waals surface area contributed by atoms with E-state index in [1.54, 1.807) is 0 Å². The highest BCUT2D eigenvalue weighted by Crippen LogP contribution is 2.37. The van der Waals surface area contributed by atoms with E-state index in [1.165, 1.54) is 4.90 Å². The Morgan fingerprint density at radius 3 is 2.11 bits per heavy atom. The quantitative estimate of drug-likeness (QED) is 0.666. The molecule has 1 fully saturated rings. The fraction of sp³-hybridized carbons (Fsp3) is 0.609. The number of amides is 2. The molecule has 1 heterocycles. The van der Waals surface area contributed by atoms with Crippen LogP contribution in [0.25, 0.3) is 0 Å². The molecule has 0 radical (unpaired) electrons. The van der Waals surface area contributed by atoms with E-state index in [1.807, 2.05) is 45.0 Å². The van der Waals surface area contributed by atoms with Gasteiger partial charge in [0.25, 0.3) is 0 Å². The zero-order chi connectivity index (χ0) is 20.4. The number of rotatable bonds is 6. The molecule has 27 heavy (non-hydrogen) atoms. The van der Waals surface area contributed by atoms with Gasteiger partial charge in [-0.25, -0.2) is 0 Å². The fourth-order valence-electron chi connectivity index (χ4n) is 3.56. The van der Waals surface area contributed by atoms with Gasteiger partial charge in [-0.1, -0.05) is 53.7 Å². The number of imide groups is 1. The minimum absolute atomic E-state index is 0.0401. The highest BCUT2D eigenvalue weighted by Gasteiger charge is 2.45. The van der Waals surface area contributed by atoms with Gasteiger partial charge >= 0.3 is 0 Å². The Balaban J connectivity index is 1.95. The molecule has 0 N–H and O–H groups in total. The van der Waals surface area contributed by atoms with Crippen LogP contribution in [0, 0.1) is 16.7 Å². The molecule has 1 unspecified atom stereocenters. The Morgan fingerprint density at radius 2 is 1.63 bits per heavy atom. The topological polar surface area (TPSA) is 54.5 Å². The van der Waals surface area contributed by atoms with Crippen LogP contribution in [-0.2, 0) is 20.8 Å². The summed E-state index contributed by atoms with van der Waals surface area (Å²) >= 11 is 0. The minimum atomic E-state index is -0.265. The van der Waals surface area contributed by atoms with Gasteiger partial charge in [0.15, 0.2) is 0 Å². The number of carbonyl (C=O) groups excluding carboxylic acids is 3. The van der Waals surface area contributed by atoms with Gasteiger partial charge in [0.05, 0.1) is 11.6 Å². The van der Waals surface area contributed by atoms with E-state index in [4.69, 9.17) is 0 Å². The van der Waals surface area contributed by atoms with E-state index >= 15 is 0 Å². The van der Waals surface area contributed by atoms with Crippen molar-refractivity contribution in [1.82, 2.24) is 0 Å². The molecule has 148 valence electrons. The molecule has 0 spiro atoms. The van der Waals surface area contributed by atoms with Gasteiger partial charge in [-0.2, -0.15) is 0 Å². The Bertz CT molecular complexity index is 705. The first kappa shape index (κ1) is 21.3. The first-order chi connectivity index (χ1) is 12.4. The second-order valence-corrected chi connectivity index (χ2v) is 9.99. The highest BCUT2D eigenvalue weighted by atomic mass is 16.2. The number of hydrogen-bond acceptors (Lipinski definition) is 3. The Labute approximate surface area is 163 Å². The second kappa shape index (κ2) is 7.95. The standard InChI is InChI=1S/C23H33NO3/c1-22(2,3)15-18(25)9-7-8-16-10-12-17(13-11-16)24-20(26)14-19(21(24)27)23(4,5)6/h10-13,19H,7-9,14-15H2,1-6H3. The summed E-state index contributed by atoms with van der Waals surface area (Å²) < 4.78 is 0. The SMILES string of the molecule is CC(C)(C)CC(=O)CCCc1ccc(N2C(=O)CC(C(C)(C)C)C2=O)cc1. The monoisotopic (exact) mass is 371 g/mol. The van der Waals surface area contributed by atoms with Gasteiger partial charge in [-0.05, 0) is 41.4 Å². The molecule has 0 bridgehead atoms. The van der Waals surface area contributed by atoms with E-state index in [0.29, 0.717) is 24.3 Å². The number of hydrogen-bond donors (Lipinski definition) is 0. The van der Waals surface area contributed by atoms with Crippen molar-refractivity contribution >= 4 is 23.3 Å². The smallest absolute Gasteiger partial charge is 0.237 e. The molecule has 0 saturated carbocycles. The first-order valence-corrected chi connectivity index (χ1v) is 9.86. The summed E-state index contributed by atoms with van der Waals surface area (Å²) in [5.41, 5.74) is 1.58. The molecule has 1 saturated heterocycles. The van der Waals surface area contributed by atoms with Crippen molar-refractivity contribution in [3.05, 3.63) is 29.8 Å². The zero-order valence-electron chi connectivity index (χ0n) is 17.6. The predicted octanol–water partition coefficient (Wildman–Crippen LogP) is 4.94. The van der Waals surface area contributed by atoms with Crippen LogP contribution >= 0.6 is 0 Å². The van der Waals surface area contributed by atoms with E-state index in [2.05, 4.69) is 20.8 Å². The van der Waals surface area contributed by atoms with E-state index in [9.17, 15) is 14.4 Å². The lowest BCUT2D eigenvalue weighted by Gasteiger charge is -2.24. The van der Waals surface area contributed by atoms with Crippen molar-refractivity contribution in [1.29, 1.82) is 0 Å². The molecular weight excluding hydrogens is 338 g/mol. The number of anilines is 1. The second-order valence-electron chi connectivity index (χ2n) is 9.99. The Morgan fingerprint density at radius 1 is 1.04 bits per heavy atom. The molecule has 1 atom stereocenters. The third-order valence-electron chi connectivity index (χ3n) is 5.04. The van der Waals surface area contributed by atoms with Crippen LogP contribution in [0.5, 0.6) is 0 Å². The van der Waals surface area contributed by atoms with E-state index in [-0.39, 0.29) is 35.0 Å². The van der Waals surface area contributed by atoms with Crippen molar-refractivity contribution in [2.75, 3.05) is 4.90 Å². The molecular formula is C23H33NO3. The van der Waals surface area contributed by atoms with Gasteiger partial charge < -0.3 is 0 Å². The summed E-state index contributed by atoms with van der Waals surface area (Å²) in [5.74, 6) is -0.187. The van der Waals surface area contributed by atoms with Gasteiger partial charge in [0.1, 0.15) is 5.78 Å². The largest absolute Gasteiger partial charge is 0.300 e. The molecule has 2 rings (SSSR count). The zero-order valence-corrected chi connectivity index (χ0v) is 17.6. The van der Waals surface area contributed by atoms with Crippen molar-refractivity contribution in [2.24, 2.45) is 16.7 Å². The van der Waals surface area contributed by atoms with Crippen molar-refractivity contribution in [3.63, 3.8) is 0 Å². The van der Waals surface area contributed by atoms with Crippen molar-refractivity contribution in [3.8, 4) is 0 Å². The van der Waals surface area contributed by atoms with Crippen LogP contribution in [0.15, 0.2) is 24.3 Å².